The molecule has 1 saturated carbocycles. The lowest BCUT2D eigenvalue weighted by Crippen LogP contribution is -2.60. The van der Waals surface area contributed by atoms with Gasteiger partial charge in [-0.05, 0) is 68.9 Å². The fourth-order valence-corrected chi connectivity index (χ4v) is 12.3. The molecule has 7 amide bonds. The molecule has 2 bridgehead atoms. The molecule has 1 aromatic carbocycles. The number of fused-ring (bicyclic) bond motifs is 2. The number of ether oxygens (including phenoxy) is 2. The first kappa shape index (κ1) is 56.7. The average Bonchev–Trinajstić information content (AvgIpc) is 4.23. The Bertz CT molecular complexity index is 2410. The van der Waals surface area contributed by atoms with Gasteiger partial charge in [0.15, 0.2) is 0 Å². The number of likely N-dealkylation sites (tertiary alicyclic amines) is 2. The number of imide groups is 1. The molecule has 402 valence electrons. The maximum absolute atomic E-state index is 14.5. The van der Waals surface area contributed by atoms with Crippen LogP contribution in [0.3, 0.4) is 0 Å². The molecule has 0 spiro atoms. The number of rotatable bonds is 26. The minimum atomic E-state index is -4.21. The van der Waals surface area contributed by atoms with Gasteiger partial charge in [-0.2, -0.15) is 0 Å². The van der Waals surface area contributed by atoms with Crippen LogP contribution in [0.1, 0.15) is 97.2 Å². The largest absolute Gasteiger partial charge is 0.379 e. The monoisotopic (exact) mass is 1040 g/mol. The van der Waals surface area contributed by atoms with Gasteiger partial charge >= 0.3 is 0 Å². The molecule has 4 aliphatic rings. The number of carbonyl (C=O) groups is 7. The van der Waals surface area contributed by atoms with Crippen LogP contribution in [0.25, 0.3) is 0 Å². The van der Waals surface area contributed by atoms with Gasteiger partial charge in [0.1, 0.15) is 17.8 Å². The minimum absolute atomic E-state index is 0.0264. The highest BCUT2D eigenvalue weighted by Crippen LogP contribution is 2.41. The smallest absolute Gasteiger partial charge is 0.256 e. The van der Waals surface area contributed by atoms with E-state index < -0.39 is 81.7 Å². The summed E-state index contributed by atoms with van der Waals surface area (Å²) in [7, 11) is 2.47. The number of hydrogen-bond acceptors (Lipinski definition) is 14. The van der Waals surface area contributed by atoms with Crippen LogP contribution < -0.4 is 15.4 Å². The molecule has 1 aliphatic carbocycles. The first-order valence-corrected chi connectivity index (χ1v) is 27.3. The zero-order valence-corrected chi connectivity index (χ0v) is 44.6. The van der Waals surface area contributed by atoms with Crippen LogP contribution >= 0.6 is 0 Å². The van der Waals surface area contributed by atoms with Crippen molar-refractivity contribution in [3.8, 4) is 0 Å². The summed E-state index contributed by atoms with van der Waals surface area (Å²) in [6, 6.07) is 5.80. The third-order valence-corrected chi connectivity index (χ3v) is 16.8. The van der Waals surface area contributed by atoms with Crippen molar-refractivity contribution in [2.45, 2.75) is 154 Å². The fraction of sp³-hybridized carbons (Fsp3) is 0.667. The van der Waals surface area contributed by atoms with Crippen molar-refractivity contribution < 1.29 is 51.5 Å². The number of amides is 7. The number of piperidine rings is 1. The van der Waals surface area contributed by atoms with Gasteiger partial charge in [-0.1, -0.05) is 76.6 Å². The molecule has 2 aromatic rings. The lowest BCUT2D eigenvalue weighted by molar-refractivity contribution is -0.148. The van der Waals surface area contributed by atoms with Gasteiger partial charge in [0, 0.05) is 59.0 Å². The van der Waals surface area contributed by atoms with Crippen molar-refractivity contribution in [2.75, 3.05) is 40.6 Å². The summed E-state index contributed by atoms with van der Waals surface area (Å²) in [6.07, 6.45) is 7.13. The van der Waals surface area contributed by atoms with Gasteiger partial charge < -0.3 is 29.9 Å². The zero-order valence-electron chi connectivity index (χ0n) is 43.8. The van der Waals surface area contributed by atoms with E-state index in [0.29, 0.717) is 43.1 Å². The third kappa shape index (κ3) is 13.8. The Morgan fingerprint density at radius 2 is 1.63 bits per heavy atom. The summed E-state index contributed by atoms with van der Waals surface area (Å²) < 4.78 is 42.2. The van der Waals surface area contributed by atoms with Crippen LogP contribution in [0.4, 0.5) is 0 Å². The molecule has 3 N–H and O–H groups in total. The predicted molar refractivity (Wildman–Crippen MR) is 269 cm³/mol. The highest BCUT2D eigenvalue weighted by atomic mass is 32.2. The molecular formula is C51H76N10O11S. The Morgan fingerprint density at radius 1 is 0.932 bits per heavy atom. The number of aryl methyl sites for hydroxylation is 1. The summed E-state index contributed by atoms with van der Waals surface area (Å²) >= 11 is 0. The van der Waals surface area contributed by atoms with E-state index in [-0.39, 0.29) is 73.9 Å². The second kappa shape index (κ2) is 25.1. The molecule has 1 aromatic heterocycles. The van der Waals surface area contributed by atoms with Gasteiger partial charge in [-0.15, -0.1) is 5.10 Å². The molecule has 6 rings (SSSR count). The van der Waals surface area contributed by atoms with Gasteiger partial charge in [0.05, 0.1) is 61.2 Å². The Kier molecular flexibility index (Phi) is 19.5. The number of methoxy groups -OCH3 is 2. The van der Waals surface area contributed by atoms with Crippen LogP contribution in [0.5, 0.6) is 0 Å². The third-order valence-electron chi connectivity index (χ3n) is 15.4. The molecule has 73 heavy (non-hydrogen) atoms. The number of hydrogen-bond donors (Lipinski definition) is 3. The van der Waals surface area contributed by atoms with Crippen molar-refractivity contribution in [1.29, 1.82) is 0 Å². The number of aromatic nitrogens is 3. The summed E-state index contributed by atoms with van der Waals surface area (Å²) in [5, 5.41) is 13.8. The van der Waals surface area contributed by atoms with Gasteiger partial charge in [0.25, 0.3) is 17.7 Å². The predicted octanol–water partition coefficient (Wildman–Crippen LogP) is 1.81. The standard InChI is InChI=1S/C51H76N10O11S/c1-10-32(4)45(58(7)51(68)44(31(2)3)53-50(67)46-35-19-20-37(27-35)57(46)6)40(71-8)28-43(64)60-24-14-18-39(60)47(72-9)33(5)48(65)52-38(26-34-16-12-11-13-17-34)49(66)55-73(69,70)25-15-23-59-29-36(54-56-59)30-61-41(62)21-22-42(61)63/h11-13,16-17,21-22,29,31-33,35,37-40,44-47H,10,14-15,18-20,23-28,30H2,1-9H3,(H,52,65)(H,53,67)(H,55,66)/t32-,33+,35?,37+,38-,39-,40+,44-,45-,46-,47+/m0/s1. The van der Waals surface area contributed by atoms with Crippen molar-refractivity contribution in [3.63, 3.8) is 0 Å². The topological polar surface area (TPSA) is 252 Å². The van der Waals surface area contributed by atoms with Crippen molar-refractivity contribution >= 4 is 51.4 Å². The van der Waals surface area contributed by atoms with Crippen LogP contribution in [0.15, 0.2) is 48.7 Å². The first-order chi connectivity index (χ1) is 34.7. The maximum Gasteiger partial charge on any atom is 0.256 e. The molecule has 2 saturated heterocycles. The number of benzene rings is 1. The van der Waals surface area contributed by atoms with Gasteiger partial charge in [-0.25, -0.2) is 8.42 Å². The Hall–Kier alpha value is -5.58. The maximum atomic E-state index is 14.5. The van der Waals surface area contributed by atoms with E-state index in [9.17, 15) is 42.0 Å². The van der Waals surface area contributed by atoms with Crippen molar-refractivity contribution in [1.82, 2.24) is 49.9 Å². The van der Waals surface area contributed by atoms with Gasteiger partial charge in [-0.3, -0.25) is 52.8 Å². The summed E-state index contributed by atoms with van der Waals surface area (Å²) in [6.45, 7) is 9.90. The molecule has 0 radical (unpaired) electrons. The second-order valence-electron chi connectivity index (χ2n) is 20.6. The summed E-state index contributed by atoms with van der Waals surface area (Å²) in [4.78, 5) is 101. The Labute approximate surface area is 429 Å². The first-order valence-electron chi connectivity index (χ1n) is 25.6. The van der Waals surface area contributed by atoms with Crippen LogP contribution in [-0.2, 0) is 72.6 Å². The Balaban J connectivity index is 1.08. The van der Waals surface area contributed by atoms with Crippen molar-refractivity contribution in [2.24, 2.45) is 23.7 Å². The summed E-state index contributed by atoms with van der Waals surface area (Å²) in [5.74, 6) is -4.49. The number of likely N-dealkylation sites (N-methyl/N-ethyl adjacent to an activating group) is 2. The molecule has 3 aliphatic heterocycles. The van der Waals surface area contributed by atoms with E-state index in [1.54, 1.807) is 54.1 Å². The minimum Gasteiger partial charge on any atom is -0.379 e. The number of sulfonamides is 1. The summed E-state index contributed by atoms with van der Waals surface area (Å²) in [5.41, 5.74) is 1.00. The average molecular weight is 1040 g/mol. The fourth-order valence-electron chi connectivity index (χ4n) is 11.2. The van der Waals surface area contributed by atoms with Crippen LogP contribution in [0, 0.1) is 23.7 Å². The van der Waals surface area contributed by atoms with E-state index in [0.717, 1.165) is 36.3 Å². The van der Waals surface area contributed by atoms with Crippen LogP contribution in [-0.4, -0.2) is 173 Å². The highest BCUT2D eigenvalue weighted by molar-refractivity contribution is 7.90. The molecule has 1 unspecified atom stereocenters. The van der Waals surface area contributed by atoms with E-state index in [2.05, 4.69) is 30.6 Å². The quantitative estimate of drug-likeness (QED) is 0.114. The molecule has 4 heterocycles. The van der Waals surface area contributed by atoms with Crippen molar-refractivity contribution in [3.05, 3.63) is 59.9 Å². The van der Waals surface area contributed by atoms with E-state index in [4.69, 9.17) is 9.47 Å². The Morgan fingerprint density at radius 3 is 2.25 bits per heavy atom. The van der Waals surface area contributed by atoms with E-state index in [1.165, 1.54) is 25.1 Å². The van der Waals surface area contributed by atoms with Gasteiger partial charge in [0.2, 0.25) is 33.7 Å². The number of carbonyl (C=O) groups excluding carboxylic acids is 7. The lowest BCUT2D eigenvalue weighted by Gasteiger charge is -2.41. The zero-order chi connectivity index (χ0) is 53.3. The molecular weight excluding hydrogens is 961 g/mol. The SMILES string of the molecule is CC[C@H](C)[C@@H]([C@@H](CC(=O)N1CCC[C@H]1[C@H](OC)[C@@H](C)C(=O)N[C@@H](Cc1ccccc1)C(=O)NS(=O)(=O)CCCn1cc(CN2C(=O)C=CC2=O)nn1)OC)N(C)C(=O)[C@@H](NC(=O)[C@@H]1C2CC[C@H](C2)N1C)C(C)C. The number of nitrogens with zero attached hydrogens (tertiary/aromatic N) is 7. The second-order valence-corrected chi connectivity index (χ2v) is 22.5. The lowest BCUT2D eigenvalue weighted by atomic mass is 9.89. The normalized spacial score (nSPS) is 22.8. The molecule has 11 atom stereocenters. The van der Waals surface area contributed by atoms with E-state index in [1.807, 2.05) is 34.7 Å². The van der Waals surface area contributed by atoms with E-state index >= 15 is 0 Å². The van der Waals surface area contributed by atoms with Crippen LogP contribution in [0.2, 0.25) is 0 Å². The highest BCUT2D eigenvalue weighted by Gasteiger charge is 2.49. The number of nitrogens with one attached hydrogen (secondary N) is 3. The molecule has 21 nitrogen and oxygen atoms in total. The molecule has 3 fully saturated rings. The molecule has 22 heteroatoms.